The number of hydrogen-bond acceptors (Lipinski definition) is 14. The highest BCUT2D eigenvalue weighted by molar-refractivity contribution is 5.86. The van der Waals surface area contributed by atoms with E-state index in [0.717, 1.165) is 31.4 Å². The molecule has 6 aliphatic carbocycles. The zero-order valence-corrected chi connectivity index (χ0v) is 43.9. The average molecular weight is 1010 g/mol. The van der Waals surface area contributed by atoms with Crippen molar-refractivity contribution in [3.05, 3.63) is 29.9 Å². The summed E-state index contributed by atoms with van der Waals surface area (Å²) in [5, 5.41) is 98.2. The van der Waals surface area contributed by atoms with E-state index in [9.17, 15) is 45.6 Å². The van der Waals surface area contributed by atoms with Gasteiger partial charge in [-0.1, -0.05) is 72.5 Å². The predicted molar refractivity (Wildman–Crippen MR) is 266 cm³/mol. The molecule has 22 atom stereocenters. The Morgan fingerprint density at radius 1 is 0.972 bits per heavy atom. The molecule has 1 amide bonds. The first-order valence-electron chi connectivity index (χ1n) is 27.5. The zero-order chi connectivity index (χ0) is 52.1. The van der Waals surface area contributed by atoms with Crippen LogP contribution in [0.25, 0.3) is 0 Å². The van der Waals surface area contributed by atoms with E-state index in [-0.39, 0.29) is 67.2 Å². The minimum absolute atomic E-state index is 0.0166. The molecule has 7 fully saturated rings. The van der Waals surface area contributed by atoms with Gasteiger partial charge in [0, 0.05) is 48.3 Å². The Morgan fingerprint density at radius 2 is 1.69 bits per heavy atom. The van der Waals surface area contributed by atoms with E-state index in [1.807, 2.05) is 14.0 Å². The van der Waals surface area contributed by atoms with Gasteiger partial charge in [-0.15, -0.1) is 0 Å². The minimum Gasteiger partial charge on any atom is -0.481 e. The van der Waals surface area contributed by atoms with Crippen LogP contribution in [0, 0.1) is 79.3 Å². The molecule has 2 saturated heterocycles. The lowest BCUT2D eigenvalue weighted by atomic mass is 9.30. The summed E-state index contributed by atoms with van der Waals surface area (Å²) in [5.41, 5.74) is 3.37. The number of ether oxygens (including phenoxy) is 2. The maximum absolute atomic E-state index is 15.0. The number of fused-ring (bicyclic) bond motifs is 7. The molecule has 3 heterocycles. The summed E-state index contributed by atoms with van der Waals surface area (Å²) in [6, 6.07) is -0.460. The molecule has 0 aromatic carbocycles. The molecular weight excluding hydrogens is 923 g/mol. The summed E-state index contributed by atoms with van der Waals surface area (Å²) < 4.78 is 12.7. The number of imidazole rings is 1. The number of allylic oxidation sites excluding steroid dienone is 2. The fourth-order valence-electron chi connectivity index (χ4n) is 18.8. The first-order valence-corrected chi connectivity index (χ1v) is 27.5. The van der Waals surface area contributed by atoms with E-state index in [0.29, 0.717) is 70.8 Å². The van der Waals surface area contributed by atoms with Gasteiger partial charge in [-0.05, 0) is 135 Å². The maximum Gasteiger partial charge on any atom is 0.310 e. The Balaban J connectivity index is 1.22. The van der Waals surface area contributed by atoms with E-state index >= 15 is 4.79 Å². The summed E-state index contributed by atoms with van der Waals surface area (Å²) in [6.45, 7) is 13.1. The van der Waals surface area contributed by atoms with Crippen molar-refractivity contribution in [3.8, 4) is 0 Å². The maximum atomic E-state index is 15.0. The number of carbonyl (C=O) groups excluding carboxylic acids is 1. The third-order valence-corrected chi connectivity index (χ3v) is 23.0. The lowest BCUT2D eigenvalue weighted by Crippen LogP contribution is -2.73. The highest BCUT2D eigenvalue weighted by Crippen LogP contribution is 2.79. The summed E-state index contributed by atoms with van der Waals surface area (Å²) in [6.07, 6.45) is 5.11. The molecule has 2 aliphatic heterocycles. The van der Waals surface area contributed by atoms with Gasteiger partial charge in [0.1, 0.15) is 24.5 Å². The molecule has 72 heavy (non-hydrogen) atoms. The van der Waals surface area contributed by atoms with Crippen molar-refractivity contribution in [1.82, 2.24) is 20.6 Å². The number of hydrogen-bond donors (Lipinski definition) is 12. The number of amides is 1. The minimum atomic E-state index is -1.64. The van der Waals surface area contributed by atoms with Crippen molar-refractivity contribution in [1.29, 1.82) is 0 Å². The van der Waals surface area contributed by atoms with E-state index in [2.05, 4.69) is 61.3 Å². The molecule has 8 aliphatic rings. The number of aromatic amines is 1. The fourth-order valence-corrected chi connectivity index (χ4v) is 18.8. The number of carbonyl (C=O) groups is 2. The molecule has 22 unspecified atom stereocenters. The highest BCUT2D eigenvalue weighted by Gasteiger charge is 2.75. The van der Waals surface area contributed by atoms with E-state index in [4.69, 9.17) is 15.2 Å². The summed E-state index contributed by atoms with van der Waals surface area (Å²) in [4.78, 5) is 36.5. The smallest absolute Gasteiger partial charge is 0.310 e. The van der Waals surface area contributed by atoms with Gasteiger partial charge >= 0.3 is 5.97 Å². The van der Waals surface area contributed by atoms with Crippen LogP contribution in [-0.2, 0) is 19.1 Å². The van der Waals surface area contributed by atoms with Crippen LogP contribution in [0.1, 0.15) is 143 Å². The van der Waals surface area contributed by atoms with Gasteiger partial charge < -0.3 is 71.7 Å². The van der Waals surface area contributed by atoms with Crippen LogP contribution in [0.15, 0.2) is 24.2 Å². The Kier molecular flexibility index (Phi) is 14.7. The van der Waals surface area contributed by atoms with Crippen LogP contribution in [0.4, 0.5) is 0 Å². The molecule has 0 bridgehead atoms. The average Bonchev–Trinajstić information content (AvgIpc) is 4.13. The standard InChI is InChI=1S/C55H89N5O12/c1-8-30-21-55(48(69)70)18-17-49(2,26-61)22-35(55)32-11-12-39-51(4,53(30,32)6)16-13-38-50(3,27-62)44(72-46-43(66)42(65)37(63)25-71-46)41(64)34(52(38,39)5)20-33-40(60-47(68)54(33)14-9-10-15-54)31(36-24-58-28-59-36)19-29(23-57-7)45(56)67/h11,24,28-31,33-35,37-46,57,61-67H,8-10,12-23,25-27,56H2,1-7H3,(H,58,59)(H,60,68)(H,69,70). The van der Waals surface area contributed by atoms with Crippen LogP contribution >= 0.6 is 0 Å². The van der Waals surface area contributed by atoms with Crippen molar-refractivity contribution in [3.63, 3.8) is 0 Å². The van der Waals surface area contributed by atoms with Gasteiger partial charge in [-0.25, -0.2) is 4.98 Å². The number of H-pyrrole nitrogens is 1. The third-order valence-electron chi connectivity index (χ3n) is 23.0. The molecule has 9 rings (SSSR count). The molecule has 5 saturated carbocycles. The number of aliphatic carboxylic acids is 1. The van der Waals surface area contributed by atoms with Crippen molar-refractivity contribution in [2.45, 2.75) is 186 Å². The largest absolute Gasteiger partial charge is 0.481 e. The van der Waals surface area contributed by atoms with Gasteiger partial charge in [0.15, 0.2) is 6.29 Å². The first-order chi connectivity index (χ1) is 34.0. The van der Waals surface area contributed by atoms with Crippen LogP contribution in [0.3, 0.4) is 0 Å². The second-order valence-corrected chi connectivity index (χ2v) is 26.0. The molecule has 1 spiro atoms. The number of aliphatic hydroxyl groups excluding tert-OH is 7. The van der Waals surface area contributed by atoms with Gasteiger partial charge in [0.05, 0.1) is 42.6 Å². The number of nitrogens with two attached hydrogens (primary N) is 1. The van der Waals surface area contributed by atoms with Gasteiger partial charge in [-0.2, -0.15) is 0 Å². The van der Waals surface area contributed by atoms with Crippen LogP contribution in [0.2, 0.25) is 0 Å². The Hall–Kier alpha value is -2.55. The van der Waals surface area contributed by atoms with Gasteiger partial charge in [0.25, 0.3) is 0 Å². The molecule has 1 aromatic rings. The fraction of sp³-hybridized carbons (Fsp3) is 0.873. The molecule has 17 heteroatoms. The first kappa shape index (κ1) is 54.2. The van der Waals surface area contributed by atoms with E-state index < -0.39 is 98.9 Å². The number of carboxylic acids is 1. The lowest BCUT2D eigenvalue weighted by Gasteiger charge is -2.74. The Bertz CT molecular complexity index is 2160. The van der Waals surface area contributed by atoms with Crippen LogP contribution < -0.4 is 16.4 Å². The van der Waals surface area contributed by atoms with E-state index in [1.54, 1.807) is 12.5 Å². The summed E-state index contributed by atoms with van der Waals surface area (Å²) in [7, 11) is 1.82. The molecule has 13 N–H and O–H groups in total. The van der Waals surface area contributed by atoms with Crippen LogP contribution in [-0.4, -0.2) is 145 Å². The number of aromatic nitrogens is 2. The predicted octanol–water partition coefficient (Wildman–Crippen LogP) is 3.55. The zero-order valence-electron chi connectivity index (χ0n) is 43.9. The second kappa shape index (κ2) is 19.5. The van der Waals surface area contributed by atoms with Crippen molar-refractivity contribution in [2.75, 3.05) is 33.4 Å². The van der Waals surface area contributed by atoms with Crippen LogP contribution in [0.5, 0.6) is 0 Å². The quantitative estimate of drug-likeness (QED) is 0.0680. The molecule has 17 nitrogen and oxygen atoms in total. The Labute approximate surface area is 425 Å². The monoisotopic (exact) mass is 1010 g/mol. The molecular formula is C55H89N5O12. The topological polar surface area (TPSA) is 293 Å². The third kappa shape index (κ3) is 7.88. The summed E-state index contributed by atoms with van der Waals surface area (Å²) in [5.74, 6) is -3.05. The van der Waals surface area contributed by atoms with E-state index in [1.165, 1.54) is 5.57 Å². The number of carboxylic acid groups (broad SMARTS) is 1. The lowest BCUT2D eigenvalue weighted by molar-refractivity contribution is -0.341. The van der Waals surface area contributed by atoms with Crippen molar-refractivity contribution < 1.29 is 59.9 Å². The molecule has 0 radical (unpaired) electrons. The second-order valence-electron chi connectivity index (χ2n) is 26.0. The SMILES string of the molecule is CCC1CC2(C(=O)O)CCC(C)(CO)CC2C2=CCC3C4(C)C(CC5C(C(CC(CNC)C(N)O)c6cnc[nH]6)NC(=O)C56CCCC6)C(O)C(OC5OCC(O)C(O)C5O)C(C)(CO)C4CCC3(C)C21C. The normalized spacial score (nSPS) is 47.8. The van der Waals surface area contributed by atoms with Gasteiger partial charge in [0.2, 0.25) is 5.91 Å². The highest BCUT2D eigenvalue weighted by atomic mass is 16.7. The number of nitrogens with one attached hydrogen (secondary N) is 3. The molecule has 406 valence electrons. The molecule has 1 aromatic heterocycles. The van der Waals surface area contributed by atoms with Crippen molar-refractivity contribution in [2.24, 2.45) is 85.1 Å². The number of rotatable bonds is 15. The van der Waals surface area contributed by atoms with Crippen molar-refractivity contribution >= 4 is 11.9 Å². The number of nitrogens with zero attached hydrogens (tertiary/aromatic N) is 1. The summed E-state index contributed by atoms with van der Waals surface area (Å²) >= 11 is 0. The van der Waals surface area contributed by atoms with Gasteiger partial charge in [-0.3, -0.25) is 9.59 Å². The number of aliphatic hydroxyl groups is 7. The Morgan fingerprint density at radius 3 is 2.31 bits per heavy atom.